The summed E-state index contributed by atoms with van der Waals surface area (Å²) in [6.07, 6.45) is 0. The first-order valence-electron chi connectivity index (χ1n) is 6.66. The van der Waals surface area contributed by atoms with Gasteiger partial charge in [0.05, 0.1) is 19.2 Å². The smallest absolute Gasteiger partial charge is 0.337 e. The monoisotopic (exact) mass is 281 g/mol. The van der Waals surface area contributed by atoms with Crippen molar-refractivity contribution >= 4 is 22.6 Å². The second kappa shape index (κ2) is 5.71. The molecule has 3 rings (SSSR count). The maximum Gasteiger partial charge on any atom is 0.337 e. The van der Waals surface area contributed by atoms with Crippen molar-refractivity contribution in [3.05, 3.63) is 65.9 Å². The first-order valence-corrected chi connectivity index (χ1v) is 6.66. The van der Waals surface area contributed by atoms with Crippen LogP contribution in [-0.4, -0.2) is 13.1 Å². The van der Waals surface area contributed by atoms with Crippen molar-refractivity contribution in [2.45, 2.75) is 6.54 Å². The number of hydrogen-bond donors (Lipinski definition) is 1. The predicted molar refractivity (Wildman–Crippen MR) is 81.3 cm³/mol. The van der Waals surface area contributed by atoms with E-state index in [1.165, 1.54) is 7.11 Å². The maximum absolute atomic E-state index is 11.3. The van der Waals surface area contributed by atoms with Gasteiger partial charge in [0.2, 0.25) is 0 Å². The van der Waals surface area contributed by atoms with Crippen molar-refractivity contribution < 1.29 is 13.9 Å². The summed E-state index contributed by atoms with van der Waals surface area (Å²) in [5.74, 6) is 0.534. The van der Waals surface area contributed by atoms with E-state index < -0.39 is 0 Å². The Morgan fingerprint density at radius 2 is 1.90 bits per heavy atom. The highest BCUT2D eigenvalue weighted by Crippen LogP contribution is 2.20. The number of benzene rings is 2. The van der Waals surface area contributed by atoms with Crippen molar-refractivity contribution in [2.24, 2.45) is 0 Å². The largest absolute Gasteiger partial charge is 0.465 e. The molecular formula is C17H15NO3. The molecule has 4 heteroatoms. The third-order valence-corrected chi connectivity index (χ3v) is 3.25. The normalized spacial score (nSPS) is 10.5. The van der Waals surface area contributed by atoms with Crippen molar-refractivity contribution in [3.63, 3.8) is 0 Å². The summed E-state index contributed by atoms with van der Waals surface area (Å²) in [5.41, 5.74) is 2.34. The minimum Gasteiger partial charge on any atom is -0.465 e. The zero-order valence-electron chi connectivity index (χ0n) is 11.6. The van der Waals surface area contributed by atoms with Gasteiger partial charge < -0.3 is 14.5 Å². The summed E-state index contributed by atoms with van der Waals surface area (Å²) in [5, 5.41) is 4.35. The fourth-order valence-corrected chi connectivity index (χ4v) is 2.16. The number of nitrogens with one attached hydrogen (secondary N) is 1. The van der Waals surface area contributed by atoms with Crippen LogP contribution in [0.4, 0.5) is 5.69 Å². The van der Waals surface area contributed by atoms with Crippen molar-refractivity contribution in [3.8, 4) is 0 Å². The number of furan rings is 1. The standard InChI is InChI=1S/C17H15NO3/c1-20-17(19)12-6-8-14(9-7-12)18-11-15-10-13-4-2-3-5-16(13)21-15/h2-10,18H,11H2,1H3. The second-order valence-corrected chi connectivity index (χ2v) is 4.67. The molecule has 0 unspecified atom stereocenters. The van der Waals surface area contributed by atoms with Crippen LogP contribution in [0.15, 0.2) is 59.0 Å². The van der Waals surface area contributed by atoms with E-state index in [9.17, 15) is 4.79 Å². The van der Waals surface area contributed by atoms with Gasteiger partial charge in [-0.3, -0.25) is 0 Å². The van der Waals surface area contributed by atoms with E-state index in [0.717, 1.165) is 22.4 Å². The molecule has 1 heterocycles. The number of hydrogen-bond acceptors (Lipinski definition) is 4. The lowest BCUT2D eigenvalue weighted by Gasteiger charge is -2.05. The van der Waals surface area contributed by atoms with E-state index in [1.807, 2.05) is 42.5 Å². The van der Waals surface area contributed by atoms with Crippen molar-refractivity contribution in [1.82, 2.24) is 0 Å². The molecule has 0 aliphatic rings. The number of para-hydroxylation sites is 1. The van der Waals surface area contributed by atoms with Crippen LogP contribution in [0, 0.1) is 0 Å². The zero-order chi connectivity index (χ0) is 14.7. The summed E-state index contributed by atoms with van der Waals surface area (Å²) < 4.78 is 10.4. The minimum atomic E-state index is -0.334. The van der Waals surface area contributed by atoms with Crippen LogP contribution in [0.3, 0.4) is 0 Å². The fourth-order valence-electron chi connectivity index (χ4n) is 2.16. The Bertz CT molecular complexity index is 726. The Hall–Kier alpha value is -2.75. The summed E-state index contributed by atoms with van der Waals surface area (Å²) in [6, 6.07) is 17.1. The Balaban J connectivity index is 1.68. The molecule has 0 amide bonds. The number of carbonyl (C=O) groups is 1. The Morgan fingerprint density at radius 1 is 1.14 bits per heavy atom. The Kier molecular flexibility index (Phi) is 3.60. The Morgan fingerprint density at radius 3 is 2.62 bits per heavy atom. The number of carbonyl (C=O) groups excluding carboxylic acids is 1. The molecule has 0 atom stereocenters. The van der Waals surface area contributed by atoms with E-state index in [1.54, 1.807) is 12.1 Å². The average Bonchev–Trinajstić information content (AvgIpc) is 2.95. The van der Waals surface area contributed by atoms with E-state index in [4.69, 9.17) is 4.42 Å². The molecule has 21 heavy (non-hydrogen) atoms. The van der Waals surface area contributed by atoms with Crippen LogP contribution in [0.2, 0.25) is 0 Å². The first-order chi connectivity index (χ1) is 10.3. The van der Waals surface area contributed by atoms with Gasteiger partial charge in [0.1, 0.15) is 11.3 Å². The maximum atomic E-state index is 11.3. The Labute approximate surface area is 122 Å². The number of esters is 1. The third kappa shape index (κ3) is 2.89. The average molecular weight is 281 g/mol. The number of rotatable bonds is 4. The van der Waals surface area contributed by atoms with Gasteiger partial charge in [-0.25, -0.2) is 4.79 Å². The van der Waals surface area contributed by atoms with Crippen LogP contribution in [-0.2, 0) is 11.3 Å². The summed E-state index contributed by atoms with van der Waals surface area (Å²) in [7, 11) is 1.37. The number of methoxy groups -OCH3 is 1. The topological polar surface area (TPSA) is 51.5 Å². The molecule has 0 aliphatic carbocycles. The van der Waals surface area contributed by atoms with Gasteiger partial charge in [-0.15, -0.1) is 0 Å². The fraction of sp³-hybridized carbons (Fsp3) is 0.118. The molecule has 1 N–H and O–H groups in total. The lowest BCUT2D eigenvalue weighted by molar-refractivity contribution is 0.0601. The van der Waals surface area contributed by atoms with Crippen LogP contribution in [0.5, 0.6) is 0 Å². The number of anilines is 1. The van der Waals surface area contributed by atoms with Gasteiger partial charge in [0.15, 0.2) is 0 Å². The van der Waals surface area contributed by atoms with Crippen LogP contribution >= 0.6 is 0 Å². The van der Waals surface area contributed by atoms with Crippen LogP contribution < -0.4 is 5.32 Å². The number of ether oxygens (including phenoxy) is 1. The molecule has 4 nitrogen and oxygen atoms in total. The molecule has 0 fully saturated rings. The lowest BCUT2D eigenvalue weighted by Crippen LogP contribution is -2.02. The van der Waals surface area contributed by atoms with Gasteiger partial charge in [0, 0.05) is 11.1 Å². The van der Waals surface area contributed by atoms with E-state index in [2.05, 4.69) is 10.1 Å². The summed E-state index contributed by atoms with van der Waals surface area (Å²) >= 11 is 0. The van der Waals surface area contributed by atoms with E-state index in [-0.39, 0.29) is 5.97 Å². The molecule has 106 valence electrons. The first kappa shape index (κ1) is 13.2. The third-order valence-electron chi connectivity index (χ3n) is 3.25. The molecule has 1 aromatic heterocycles. The van der Waals surface area contributed by atoms with Gasteiger partial charge >= 0.3 is 5.97 Å². The predicted octanol–water partition coefficient (Wildman–Crippen LogP) is 3.83. The molecule has 2 aromatic carbocycles. The highest BCUT2D eigenvalue weighted by molar-refractivity contribution is 5.89. The molecule has 3 aromatic rings. The molecule has 0 saturated heterocycles. The SMILES string of the molecule is COC(=O)c1ccc(NCc2cc3ccccc3o2)cc1. The van der Waals surface area contributed by atoms with Gasteiger partial charge in [0.25, 0.3) is 0 Å². The second-order valence-electron chi connectivity index (χ2n) is 4.67. The minimum absolute atomic E-state index is 0.334. The van der Waals surface area contributed by atoms with Crippen LogP contribution in [0.1, 0.15) is 16.1 Å². The quantitative estimate of drug-likeness (QED) is 0.738. The van der Waals surface area contributed by atoms with Crippen molar-refractivity contribution in [1.29, 1.82) is 0 Å². The van der Waals surface area contributed by atoms with Gasteiger partial charge in [-0.1, -0.05) is 18.2 Å². The van der Waals surface area contributed by atoms with Crippen molar-refractivity contribution in [2.75, 3.05) is 12.4 Å². The molecule has 0 spiro atoms. The number of fused-ring (bicyclic) bond motifs is 1. The molecular weight excluding hydrogens is 266 g/mol. The highest BCUT2D eigenvalue weighted by Gasteiger charge is 2.05. The molecule has 0 radical (unpaired) electrons. The molecule has 0 saturated carbocycles. The van der Waals surface area contributed by atoms with E-state index >= 15 is 0 Å². The summed E-state index contributed by atoms with van der Waals surface area (Å²) in [6.45, 7) is 0.590. The van der Waals surface area contributed by atoms with Gasteiger partial charge in [-0.2, -0.15) is 0 Å². The molecule has 0 aliphatic heterocycles. The van der Waals surface area contributed by atoms with Gasteiger partial charge in [-0.05, 0) is 36.4 Å². The van der Waals surface area contributed by atoms with Crippen LogP contribution in [0.25, 0.3) is 11.0 Å². The lowest BCUT2D eigenvalue weighted by atomic mass is 10.2. The molecule has 0 bridgehead atoms. The van der Waals surface area contributed by atoms with E-state index in [0.29, 0.717) is 12.1 Å². The zero-order valence-corrected chi connectivity index (χ0v) is 11.6. The highest BCUT2D eigenvalue weighted by atomic mass is 16.5. The summed E-state index contributed by atoms with van der Waals surface area (Å²) in [4.78, 5) is 11.3.